The van der Waals surface area contributed by atoms with Crippen LogP contribution in [0.2, 0.25) is 0 Å². The molecule has 132 valence electrons. The quantitative estimate of drug-likeness (QED) is 0.774. The number of benzene rings is 2. The standard InChI is InChI=1S/C22H22N2O2/c25-21-9-8-16-4-1-2-5-18(16)19(21)14-23-11-15-10-17(13-23)20-6-3-7-22(26)24(20)12-15/h1-9,15,17,25H,10-14H2/t15-,17+/m0/s1. The second-order valence-electron chi connectivity index (χ2n) is 7.68. The van der Waals surface area contributed by atoms with E-state index in [9.17, 15) is 9.90 Å². The van der Waals surface area contributed by atoms with E-state index in [0.29, 0.717) is 17.6 Å². The smallest absolute Gasteiger partial charge is 0.250 e. The molecule has 0 saturated carbocycles. The summed E-state index contributed by atoms with van der Waals surface area (Å²) in [7, 11) is 0. The van der Waals surface area contributed by atoms with Gasteiger partial charge in [-0.1, -0.05) is 36.4 Å². The molecule has 1 saturated heterocycles. The molecule has 0 amide bonds. The number of likely N-dealkylation sites (tertiary alicyclic amines) is 1. The Labute approximate surface area is 152 Å². The summed E-state index contributed by atoms with van der Waals surface area (Å²) in [6.45, 7) is 3.46. The Kier molecular flexibility index (Phi) is 3.61. The zero-order valence-corrected chi connectivity index (χ0v) is 14.6. The summed E-state index contributed by atoms with van der Waals surface area (Å²) in [5, 5.41) is 12.8. The van der Waals surface area contributed by atoms with E-state index in [-0.39, 0.29) is 5.56 Å². The second-order valence-corrected chi connectivity index (χ2v) is 7.68. The molecule has 2 atom stereocenters. The van der Waals surface area contributed by atoms with Crippen LogP contribution >= 0.6 is 0 Å². The number of hydrogen-bond donors (Lipinski definition) is 1. The van der Waals surface area contributed by atoms with Crippen LogP contribution in [-0.2, 0) is 13.1 Å². The molecule has 0 aliphatic carbocycles. The van der Waals surface area contributed by atoms with Crippen LogP contribution in [0.15, 0.2) is 59.4 Å². The average molecular weight is 346 g/mol. The van der Waals surface area contributed by atoms with Crippen molar-refractivity contribution in [2.75, 3.05) is 13.1 Å². The molecule has 0 unspecified atom stereocenters. The lowest BCUT2D eigenvalue weighted by Gasteiger charge is -2.43. The molecule has 3 heterocycles. The van der Waals surface area contributed by atoms with Gasteiger partial charge in [-0.3, -0.25) is 9.69 Å². The number of hydrogen-bond acceptors (Lipinski definition) is 3. The highest BCUT2D eigenvalue weighted by Crippen LogP contribution is 2.37. The average Bonchev–Trinajstić information content (AvgIpc) is 2.65. The van der Waals surface area contributed by atoms with Crippen molar-refractivity contribution in [1.82, 2.24) is 9.47 Å². The Morgan fingerprint density at radius 2 is 1.85 bits per heavy atom. The minimum Gasteiger partial charge on any atom is -0.508 e. The molecule has 1 N–H and O–H groups in total. The molecule has 1 aromatic heterocycles. The van der Waals surface area contributed by atoms with Crippen molar-refractivity contribution in [3.05, 3.63) is 76.2 Å². The Morgan fingerprint density at radius 3 is 2.77 bits per heavy atom. The number of piperidine rings is 1. The Bertz CT molecular complexity index is 1040. The predicted molar refractivity (Wildman–Crippen MR) is 102 cm³/mol. The first-order valence-corrected chi connectivity index (χ1v) is 9.31. The molecule has 26 heavy (non-hydrogen) atoms. The fourth-order valence-electron chi connectivity index (χ4n) is 4.84. The zero-order chi connectivity index (χ0) is 17.7. The molecule has 4 heteroatoms. The minimum atomic E-state index is 0.123. The molecule has 2 aliphatic heterocycles. The monoisotopic (exact) mass is 346 g/mol. The molecule has 5 rings (SSSR count). The number of aromatic hydroxyl groups is 1. The number of fused-ring (bicyclic) bond motifs is 5. The number of phenolic OH excluding ortho intramolecular Hbond substituents is 1. The van der Waals surface area contributed by atoms with Gasteiger partial charge in [-0.15, -0.1) is 0 Å². The lowest BCUT2D eigenvalue weighted by Crippen LogP contribution is -2.46. The van der Waals surface area contributed by atoms with Crippen molar-refractivity contribution in [2.24, 2.45) is 5.92 Å². The van der Waals surface area contributed by atoms with Gasteiger partial charge in [0.05, 0.1) is 0 Å². The first-order valence-electron chi connectivity index (χ1n) is 9.31. The van der Waals surface area contributed by atoms with Crippen LogP contribution in [-0.4, -0.2) is 27.7 Å². The van der Waals surface area contributed by atoms with Crippen LogP contribution < -0.4 is 5.56 Å². The van der Waals surface area contributed by atoms with E-state index >= 15 is 0 Å². The fourth-order valence-corrected chi connectivity index (χ4v) is 4.84. The third-order valence-electron chi connectivity index (χ3n) is 5.95. The Balaban J connectivity index is 1.47. The lowest BCUT2D eigenvalue weighted by molar-refractivity contribution is 0.114. The van der Waals surface area contributed by atoms with Crippen LogP contribution in [0.5, 0.6) is 5.75 Å². The van der Waals surface area contributed by atoms with Gasteiger partial charge in [-0.2, -0.15) is 0 Å². The summed E-state index contributed by atoms with van der Waals surface area (Å²) in [4.78, 5) is 14.6. The van der Waals surface area contributed by atoms with Crippen LogP contribution in [0.3, 0.4) is 0 Å². The lowest BCUT2D eigenvalue weighted by atomic mass is 9.83. The van der Waals surface area contributed by atoms with Gasteiger partial charge in [0, 0.05) is 49.4 Å². The second kappa shape index (κ2) is 5.99. The van der Waals surface area contributed by atoms with Gasteiger partial charge in [0.25, 0.3) is 5.56 Å². The molecule has 0 spiro atoms. The maximum atomic E-state index is 12.2. The molecular formula is C22H22N2O2. The van der Waals surface area contributed by atoms with Gasteiger partial charge >= 0.3 is 0 Å². The summed E-state index contributed by atoms with van der Waals surface area (Å²) < 4.78 is 1.96. The number of aromatic nitrogens is 1. The van der Waals surface area contributed by atoms with Crippen LogP contribution in [0, 0.1) is 5.92 Å². The zero-order valence-electron chi connectivity index (χ0n) is 14.6. The molecule has 0 radical (unpaired) electrons. The van der Waals surface area contributed by atoms with Crippen molar-refractivity contribution in [1.29, 1.82) is 0 Å². The molecule has 2 aromatic carbocycles. The van der Waals surface area contributed by atoms with Crippen molar-refractivity contribution in [2.45, 2.75) is 25.4 Å². The summed E-state index contributed by atoms with van der Waals surface area (Å²) in [6.07, 6.45) is 1.15. The highest BCUT2D eigenvalue weighted by Gasteiger charge is 2.34. The van der Waals surface area contributed by atoms with Gasteiger partial charge in [-0.25, -0.2) is 0 Å². The number of pyridine rings is 1. The third-order valence-corrected chi connectivity index (χ3v) is 5.95. The van der Waals surface area contributed by atoms with E-state index in [1.165, 1.54) is 5.69 Å². The van der Waals surface area contributed by atoms with Crippen molar-refractivity contribution >= 4 is 10.8 Å². The van der Waals surface area contributed by atoms with Gasteiger partial charge in [0.15, 0.2) is 0 Å². The summed E-state index contributed by atoms with van der Waals surface area (Å²) in [6, 6.07) is 17.7. The maximum Gasteiger partial charge on any atom is 0.250 e. The van der Waals surface area contributed by atoms with Gasteiger partial charge in [-0.05, 0) is 35.2 Å². The van der Waals surface area contributed by atoms with E-state index < -0.39 is 0 Å². The normalized spacial score (nSPS) is 22.3. The summed E-state index contributed by atoms with van der Waals surface area (Å²) in [5.41, 5.74) is 2.30. The number of nitrogens with zero attached hydrogens (tertiary/aromatic N) is 2. The first-order chi connectivity index (χ1) is 12.7. The van der Waals surface area contributed by atoms with E-state index in [1.54, 1.807) is 12.1 Å². The molecule has 1 fully saturated rings. The highest BCUT2D eigenvalue weighted by atomic mass is 16.3. The van der Waals surface area contributed by atoms with Gasteiger partial charge in [0.2, 0.25) is 0 Å². The van der Waals surface area contributed by atoms with Crippen molar-refractivity contribution < 1.29 is 5.11 Å². The molecule has 2 bridgehead atoms. The van der Waals surface area contributed by atoms with Crippen molar-refractivity contribution in [3.63, 3.8) is 0 Å². The summed E-state index contributed by atoms with van der Waals surface area (Å²) >= 11 is 0. The van der Waals surface area contributed by atoms with E-state index in [0.717, 1.165) is 48.9 Å². The van der Waals surface area contributed by atoms with Crippen LogP contribution in [0.1, 0.15) is 23.6 Å². The molecule has 3 aromatic rings. The maximum absolute atomic E-state index is 12.2. The fraction of sp³-hybridized carbons (Fsp3) is 0.318. The molecule has 2 aliphatic rings. The van der Waals surface area contributed by atoms with Crippen LogP contribution in [0.4, 0.5) is 0 Å². The summed E-state index contributed by atoms with van der Waals surface area (Å²) in [5.74, 6) is 1.27. The first kappa shape index (κ1) is 15.6. The third kappa shape index (κ3) is 2.53. The largest absolute Gasteiger partial charge is 0.508 e. The van der Waals surface area contributed by atoms with Crippen LogP contribution in [0.25, 0.3) is 10.8 Å². The van der Waals surface area contributed by atoms with E-state index in [1.807, 2.05) is 28.8 Å². The Hall–Kier alpha value is -2.59. The Morgan fingerprint density at radius 1 is 0.962 bits per heavy atom. The minimum absolute atomic E-state index is 0.123. The highest BCUT2D eigenvalue weighted by molar-refractivity contribution is 5.87. The topological polar surface area (TPSA) is 45.5 Å². The number of rotatable bonds is 2. The molecule has 4 nitrogen and oxygen atoms in total. The van der Waals surface area contributed by atoms with E-state index in [2.05, 4.69) is 23.1 Å². The predicted octanol–water partition coefficient (Wildman–Crippen LogP) is 3.33. The van der Waals surface area contributed by atoms with Gasteiger partial charge in [0.1, 0.15) is 5.75 Å². The SMILES string of the molecule is O=c1cccc2n1C[C@H]1C[C@@H]2CN(Cc2c(O)ccc3ccccc23)C1. The number of phenols is 1. The van der Waals surface area contributed by atoms with Crippen molar-refractivity contribution in [3.8, 4) is 5.75 Å². The van der Waals surface area contributed by atoms with Gasteiger partial charge < -0.3 is 9.67 Å². The van der Waals surface area contributed by atoms with E-state index in [4.69, 9.17) is 0 Å². The molecular weight excluding hydrogens is 324 g/mol.